The van der Waals surface area contributed by atoms with Gasteiger partial charge in [-0.15, -0.1) is 11.6 Å². The molecule has 2 atom stereocenters. The molecule has 0 spiro atoms. The summed E-state index contributed by atoms with van der Waals surface area (Å²) in [6.45, 7) is 1.21. The molecule has 0 saturated carbocycles. The summed E-state index contributed by atoms with van der Waals surface area (Å²) in [5.74, 6) is 0. The van der Waals surface area contributed by atoms with Crippen molar-refractivity contribution in [3.8, 4) is 0 Å². The summed E-state index contributed by atoms with van der Waals surface area (Å²) in [4.78, 5) is 9.27. The van der Waals surface area contributed by atoms with Gasteiger partial charge in [-0.25, -0.2) is 0 Å². The molecule has 0 aromatic carbocycles. The van der Waals surface area contributed by atoms with Crippen LogP contribution in [-0.2, 0) is 0 Å². The first-order chi connectivity index (χ1) is 4.46. The van der Waals surface area contributed by atoms with Crippen LogP contribution in [0.1, 0.15) is 6.92 Å². The zero-order valence-corrected chi connectivity index (χ0v) is 6.02. The van der Waals surface area contributed by atoms with E-state index in [9.17, 15) is 10.1 Å². The van der Waals surface area contributed by atoms with Gasteiger partial charge in [-0.1, -0.05) is 0 Å². The highest BCUT2D eigenvalue weighted by atomic mass is 35.5. The van der Waals surface area contributed by atoms with Crippen LogP contribution in [0, 0.1) is 10.1 Å². The summed E-state index contributed by atoms with van der Waals surface area (Å²) < 4.78 is 0. The fourth-order valence-corrected chi connectivity index (χ4v) is 0.457. The third-order valence-corrected chi connectivity index (χ3v) is 1.67. The molecule has 0 aromatic rings. The van der Waals surface area contributed by atoms with Crippen molar-refractivity contribution in [1.82, 2.24) is 0 Å². The lowest BCUT2D eigenvalue weighted by molar-refractivity contribution is -0.521. The van der Waals surface area contributed by atoms with Crippen molar-refractivity contribution in [3.05, 3.63) is 10.1 Å². The molecule has 0 heterocycles. The third-order valence-electron chi connectivity index (χ3n) is 1.08. The molecular weight excluding hydrogens is 161 g/mol. The largest absolute Gasteiger partial charge is 0.367 e. The second-order valence-corrected chi connectivity index (χ2v) is 2.39. The van der Waals surface area contributed by atoms with Crippen molar-refractivity contribution < 1.29 is 15.1 Å². The number of aliphatic hydroxyl groups excluding tert-OH is 1. The van der Waals surface area contributed by atoms with Gasteiger partial charge in [0, 0.05) is 11.8 Å². The zero-order valence-electron chi connectivity index (χ0n) is 5.27. The zero-order chi connectivity index (χ0) is 8.31. The van der Waals surface area contributed by atoms with Crippen LogP contribution in [0.25, 0.3) is 0 Å². The Bertz CT molecular complexity index is 128. The highest BCUT2D eigenvalue weighted by Crippen LogP contribution is 2.08. The molecule has 2 unspecified atom stereocenters. The van der Waals surface area contributed by atoms with Crippen molar-refractivity contribution >= 4 is 11.6 Å². The lowest BCUT2D eigenvalue weighted by atomic mass is 10.2. The number of hydrogen-bond donors (Lipinski definition) is 2. The molecule has 0 bridgehead atoms. The molecular formula is C4H8ClNO4. The van der Waals surface area contributed by atoms with Crippen LogP contribution >= 0.6 is 11.6 Å². The monoisotopic (exact) mass is 169 g/mol. The molecule has 2 N–H and O–H groups in total. The minimum Gasteiger partial charge on any atom is -0.367 e. The average Bonchev–Trinajstić information content (AvgIpc) is 1.84. The molecule has 0 saturated heterocycles. The lowest BCUT2D eigenvalue weighted by Crippen LogP contribution is -2.35. The molecule has 60 valence electrons. The SMILES string of the molecule is CC(C(Cl)C(O)O)[N+](=O)[O-]. The molecule has 0 rings (SSSR count). The summed E-state index contributed by atoms with van der Waals surface area (Å²) in [5.41, 5.74) is 0. The van der Waals surface area contributed by atoms with Gasteiger partial charge in [-0.2, -0.15) is 0 Å². The molecule has 0 radical (unpaired) electrons. The number of halogens is 1. The van der Waals surface area contributed by atoms with Crippen LogP contribution < -0.4 is 0 Å². The van der Waals surface area contributed by atoms with Crippen molar-refractivity contribution in [2.24, 2.45) is 0 Å². The Morgan fingerprint density at radius 2 is 2.00 bits per heavy atom. The van der Waals surface area contributed by atoms with Crippen molar-refractivity contribution in [3.63, 3.8) is 0 Å². The molecule has 0 aliphatic rings. The summed E-state index contributed by atoms with van der Waals surface area (Å²) in [7, 11) is 0. The van der Waals surface area contributed by atoms with Crippen LogP contribution in [0.4, 0.5) is 0 Å². The molecule has 10 heavy (non-hydrogen) atoms. The van der Waals surface area contributed by atoms with E-state index in [-0.39, 0.29) is 0 Å². The van der Waals surface area contributed by atoms with Crippen molar-refractivity contribution in [1.29, 1.82) is 0 Å². The number of nitrogens with zero attached hydrogens (tertiary/aromatic N) is 1. The average molecular weight is 170 g/mol. The van der Waals surface area contributed by atoms with E-state index in [1.54, 1.807) is 0 Å². The molecule has 0 fully saturated rings. The normalized spacial score (nSPS) is 16.9. The van der Waals surface area contributed by atoms with E-state index in [2.05, 4.69) is 0 Å². The lowest BCUT2D eigenvalue weighted by Gasteiger charge is -2.11. The smallest absolute Gasteiger partial charge is 0.231 e. The first kappa shape index (κ1) is 9.61. The topological polar surface area (TPSA) is 83.6 Å². The van der Waals surface area contributed by atoms with Crippen molar-refractivity contribution in [2.45, 2.75) is 24.6 Å². The first-order valence-corrected chi connectivity index (χ1v) is 3.04. The number of nitro groups is 1. The van der Waals surface area contributed by atoms with Gasteiger partial charge in [-0.05, 0) is 0 Å². The van der Waals surface area contributed by atoms with Crippen LogP contribution in [-0.4, -0.2) is 32.8 Å². The van der Waals surface area contributed by atoms with Crippen LogP contribution in [0.5, 0.6) is 0 Å². The van der Waals surface area contributed by atoms with E-state index in [0.717, 1.165) is 0 Å². The van der Waals surface area contributed by atoms with E-state index < -0.39 is 22.6 Å². The van der Waals surface area contributed by atoms with Gasteiger partial charge in [0.1, 0.15) is 0 Å². The second kappa shape index (κ2) is 3.70. The Morgan fingerprint density at radius 3 is 2.10 bits per heavy atom. The number of aliphatic hydroxyl groups is 2. The second-order valence-electron chi connectivity index (χ2n) is 1.88. The molecule has 6 heteroatoms. The maximum atomic E-state index is 9.94. The first-order valence-electron chi connectivity index (χ1n) is 2.60. The van der Waals surface area contributed by atoms with Crippen LogP contribution in [0.3, 0.4) is 0 Å². The fraction of sp³-hybridized carbons (Fsp3) is 1.00. The van der Waals surface area contributed by atoms with Crippen LogP contribution in [0.2, 0.25) is 0 Å². The highest BCUT2D eigenvalue weighted by molar-refractivity contribution is 6.21. The van der Waals surface area contributed by atoms with Crippen LogP contribution in [0.15, 0.2) is 0 Å². The Balaban J connectivity index is 3.94. The quantitative estimate of drug-likeness (QED) is 0.260. The predicted octanol–water partition coefficient (Wildman–Crippen LogP) is -0.430. The molecule has 0 aliphatic carbocycles. The Hall–Kier alpha value is -0.390. The van der Waals surface area contributed by atoms with Gasteiger partial charge in [-0.3, -0.25) is 10.1 Å². The number of hydrogen-bond acceptors (Lipinski definition) is 4. The maximum Gasteiger partial charge on any atom is 0.231 e. The molecule has 0 aliphatic heterocycles. The molecule has 0 aromatic heterocycles. The van der Waals surface area contributed by atoms with Gasteiger partial charge in [0.25, 0.3) is 0 Å². The molecule has 5 nitrogen and oxygen atoms in total. The Kier molecular flexibility index (Phi) is 3.55. The summed E-state index contributed by atoms with van der Waals surface area (Å²) in [6, 6.07) is -1.15. The van der Waals surface area contributed by atoms with E-state index in [4.69, 9.17) is 21.8 Å². The minimum absolute atomic E-state index is 0.670. The fourth-order valence-electron chi connectivity index (χ4n) is 0.365. The van der Waals surface area contributed by atoms with E-state index in [1.807, 2.05) is 0 Å². The van der Waals surface area contributed by atoms with E-state index in [1.165, 1.54) is 6.92 Å². The predicted molar refractivity (Wildman–Crippen MR) is 34.3 cm³/mol. The summed E-state index contributed by atoms with van der Waals surface area (Å²) in [6.07, 6.45) is -1.85. The van der Waals surface area contributed by atoms with Crippen molar-refractivity contribution in [2.75, 3.05) is 0 Å². The highest BCUT2D eigenvalue weighted by Gasteiger charge is 2.29. The standard InChI is InChI=1S/C4H8ClNO4/c1-2(6(9)10)3(5)4(7)8/h2-4,7-8H,1H3. The van der Waals surface area contributed by atoms with Gasteiger partial charge in [0.15, 0.2) is 11.7 Å². The Labute approximate surface area is 62.4 Å². The number of rotatable bonds is 3. The third kappa shape index (κ3) is 2.47. The Morgan fingerprint density at radius 1 is 1.60 bits per heavy atom. The van der Waals surface area contributed by atoms with Gasteiger partial charge in [0.05, 0.1) is 0 Å². The number of alkyl halides is 1. The molecule has 0 amide bonds. The van der Waals surface area contributed by atoms with Gasteiger partial charge >= 0.3 is 0 Å². The van der Waals surface area contributed by atoms with Gasteiger partial charge < -0.3 is 10.2 Å². The maximum absolute atomic E-state index is 9.94. The van der Waals surface area contributed by atoms with Gasteiger partial charge in [0.2, 0.25) is 6.04 Å². The van der Waals surface area contributed by atoms with E-state index >= 15 is 0 Å². The van der Waals surface area contributed by atoms with E-state index in [0.29, 0.717) is 0 Å². The summed E-state index contributed by atoms with van der Waals surface area (Å²) >= 11 is 5.22. The summed E-state index contributed by atoms with van der Waals surface area (Å²) in [5, 5.41) is 25.4. The minimum atomic E-state index is -1.85.